The molecular weight excluding hydrogens is 407 g/mol. The van der Waals surface area contributed by atoms with E-state index in [-0.39, 0.29) is 42.2 Å². The molecule has 0 radical (unpaired) electrons. The number of piperidine rings is 1. The fraction of sp³-hybridized carbons (Fsp3) is 0.409. The molecule has 162 valence electrons. The van der Waals surface area contributed by atoms with E-state index < -0.39 is 10.0 Å². The van der Waals surface area contributed by atoms with Crippen LogP contribution in [0.1, 0.15) is 24.0 Å². The first kappa shape index (κ1) is 22.2. The maximum absolute atomic E-state index is 13.9. The van der Waals surface area contributed by atoms with E-state index in [1.807, 2.05) is 0 Å². The first-order valence-corrected chi connectivity index (χ1v) is 11.3. The summed E-state index contributed by atoms with van der Waals surface area (Å²) in [6.07, 6.45) is 0.879. The summed E-state index contributed by atoms with van der Waals surface area (Å²) in [7, 11) is -0.436. The Hall–Kier alpha value is -2.45. The number of ether oxygens (including phenoxy) is 1. The lowest BCUT2D eigenvalue weighted by Gasteiger charge is -2.32. The molecule has 0 N–H and O–H groups in total. The number of carbonyl (C=O) groups is 1. The Labute approximate surface area is 177 Å². The van der Waals surface area contributed by atoms with Gasteiger partial charge in [0.25, 0.3) is 0 Å². The second-order valence-electron chi connectivity index (χ2n) is 7.60. The smallest absolute Gasteiger partial charge is 0.243 e. The second kappa shape index (κ2) is 9.14. The fourth-order valence-corrected chi connectivity index (χ4v) is 5.33. The summed E-state index contributed by atoms with van der Waals surface area (Å²) >= 11 is 0. The highest BCUT2D eigenvalue weighted by atomic mass is 32.2. The first-order valence-electron chi connectivity index (χ1n) is 9.87. The number of benzene rings is 2. The van der Waals surface area contributed by atoms with Crippen LogP contribution in [0, 0.1) is 18.7 Å². The monoisotopic (exact) mass is 434 g/mol. The summed E-state index contributed by atoms with van der Waals surface area (Å²) in [4.78, 5) is 14.5. The van der Waals surface area contributed by atoms with E-state index in [1.165, 1.54) is 15.3 Å². The summed E-state index contributed by atoms with van der Waals surface area (Å²) in [6, 6.07) is 11.2. The number of methoxy groups -OCH3 is 1. The number of rotatable bonds is 6. The molecule has 0 aromatic heterocycles. The quantitative estimate of drug-likeness (QED) is 0.700. The first-order chi connectivity index (χ1) is 14.2. The highest BCUT2D eigenvalue weighted by Crippen LogP contribution is 2.28. The SMILES string of the molecule is COc1ccc(S(=O)(=O)N2CCC(C(=O)N(C)Cc3ccccc3F)CC2)cc1C. The highest BCUT2D eigenvalue weighted by molar-refractivity contribution is 7.89. The van der Waals surface area contributed by atoms with Crippen molar-refractivity contribution in [1.82, 2.24) is 9.21 Å². The molecule has 8 heteroatoms. The normalized spacial score (nSPS) is 15.7. The molecule has 0 unspecified atom stereocenters. The number of amides is 1. The van der Waals surface area contributed by atoms with Crippen molar-refractivity contribution in [2.45, 2.75) is 31.2 Å². The molecule has 1 heterocycles. The van der Waals surface area contributed by atoms with Crippen LogP contribution in [-0.2, 0) is 21.4 Å². The van der Waals surface area contributed by atoms with Gasteiger partial charge in [-0.15, -0.1) is 0 Å². The third kappa shape index (κ3) is 4.65. The van der Waals surface area contributed by atoms with Crippen LogP contribution < -0.4 is 4.74 Å². The Morgan fingerprint density at radius 3 is 2.47 bits per heavy atom. The molecule has 1 fully saturated rings. The van der Waals surface area contributed by atoms with Crippen LogP contribution in [0.5, 0.6) is 5.75 Å². The van der Waals surface area contributed by atoms with E-state index in [1.54, 1.807) is 57.5 Å². The molecule has 1 aliphatic rings. The highest BCUT2D eigenvalue weighted by Gasteiger charge is 2.33. The second-order valence-corrected chi connectivity index (χ2v) is 9.53. The van der Waals surface area contributed by atoms with E-state index in [2.05, 4.69) is 0 Å². The van der Waals surface area contributed by atoms with Crippen LogP contribution in [0.15, 0.2) is 47.4 Å². The van der Waals surface area contributed by atoms with Crippen molar-refractivity contribution in [1.29, 1.82) is 0 Å². The van der Waals surface area contributed by atoms with E-state index in [0.29, 0.717) is 24.2 Å². The van der Waals surface area contributed by atoms with E-state index in [0.717, 1.165) is 5.56 Å². The van der Waals surface area contributed by atoms with Gasteiger partial charge >= 0.3 is 0 Å². The van der Waals surface area contributed by atoms with Crippen LogP contribution in [0.4, 0.5) is 4.39 Å². The largest absolute Gasteiger partial charge is 0.496 e. The van der Waals surface area contributed by atoms with E-state index >= 15 is 0 Å². The van der Waals surface area contributed by atoms with Crippen LogP contribution in [0.2, 0.25) is 0 Å². The zero-order chi connectivity index (χ0) is 21.9. The number of nitrogens with zero attached hydrogens (tertiary/aromatic N) is 2. The Morgan fingerprint density at radius 1 is 1.20 bits per heavy atom. The summed E-state index contributed by atoms with van der Waals surface area (Å²) in [5.74, 6) is -0.0644. The van der Waals surface area contributed by atoms with Crippen molar-refractivity contribution in [2.75, 3.05) is 27.2 Å². The molecular formula is C22H27FN2O4S. The molecule has 6 nitrogen and oxygen atoms in total. The summed E-state index contributed by atoms with van der Waals surface area (Å²) in [5.41, 5.74) is 1.21. The molecule has 0 bridgehead atoms. The molecule has 1 amide bonds. The van der Waals surface area contributed by atoms with Crippen LogP contribution in [0.25, 0.3) is 0 Å². The third-order valence-electron chi connectivity index (χ3n) is 5.55. The van der Waals surface area contributed by atoms with Crippen molar-refractivity contribution >= 4 is 15.9 Å². The lowest BCUT2D eigenvalue weighted by molar-refractivity contribution is -0.136. The maximum Gasteiger partial charge on any atom is 0.243 e. The average molecular weight is 435 g/mol. The van der Waals surface area contributed by atoms with Crippen molar-refractivity contribution in [2.24, 2.45) is 5.92 Å². The standard InChI is InChI=1S/C22H27FN2O4S/c1-16-14-19(8-9-21(16)29-3)30(27,28)25-12-10-17(11-13-25)22(26)24(2)15-18-6-4-5-7-20(18)23/h4-9,14,17H,10-13,15H2,1-3H3. The minimum atomic E-state index is -3.63. The Bertz CT molecular complexity index is 1020. The van der Waals surface area contributed by atoms with Crippen molar-refractivity contribution in [3.8, 4) is 5.75 Å². The van der Waals surface area contributed by atoms with Gasteiger partial charge in [0.05, 0.1) is 12.0 Å². The Morgan fingerprint density at radius 2 is 1.87 bits per heavy atom. The van der Waals surface area contributed by atoms with Gasteiger partial charge in [0.2, 0.25) is 15.9 Å². The molecule has 3 rings (SSSR count). The molecule has 0 saturated carbocycles. The van der Waals surface area contributed by atoms with Crippen molar-refractivity contribution < 1.29 is 22.3 Å². The molecule has 0 aliphatic carbocycles. The molecule has 30 heavy (non-hydrogen) atoms. The van der Waals surface area contributed by atoms with Gasteiger partial charge in [-0.3, -0.25) is 4.79 Å². The average Bonchev–Trinajstić information content (AvgIpc) is 2.74. The number of carbonyl (C=O) groups excluding carboxylic acids is 1. The number of hydrogen-bond donors (Lipinski definition) is 0. The predicted octanol–water partition coefficient (Wildman–Crippen LogP) is 3.20. The van der Waals surface area contributed by atoms with Gasteiger partial charge in [0, 0.05) is 38.2 Å². The zero-order valence-corrected chi connectivity index (χ0v) is 18.3. The fourth-order valence-electron chi connectivity index (χ4n) is 3.78. The van der Waals surface area contributed by atoms with Gasteiger partial charge in [-0.1, -0.05) is 18.2 Å². The topological polar surface area (TPSA) is 66.9 Å². The number of hydrogen-bond acceptors (Lipinski definition) is 4. The van der Waals surface area contributed by atoms with Gasteiger partial charge < -0.3 is 9.64 Å². The molecule has 1 saturated heterocycles. The van der Waals surface area contributed by atoms with Gasteiger partial charge in [-0.2, -0.15) is 4.31 Å². The lowest BCUT2D eigenvalue weighted by Crippen LogP contribution is -2.43. The van der Waals surface area contributed by atoms with E-state index in [9.17, 15) is 17.6 Å². The molecule has 1 aliphatic heterocycles. The van der Waals surface area contributed by atoms with Crippen LogP contribution in [-0.4, -0.2) is 50.8 Å². The predicted molar refractivity (Wildman–Crippen MR) is 112 cm³/mol. The molecule has 2 aromatic rings. The number of sulfonamides is 1. The Balaban J connectivity index is 1.63. The molecule has 2 aromatic carbocycles. The number of halogens is 1. The third-order valence-corrected chi connectivity index (χ3v) is 7.44. The summed E-state index contributed by atoms with van der Waals surface area (Å²) < 4.78 is 46.4. The number of aryl methyl sites for hydroxylation is 1. The molecule has 0 spiro atoms. The lowest BCUT2D eigenvalue weighted by atomic mass is 9.96. The minimum Gasteiger partial charge on any atom is -0.496 e. The van der Waals surface area contributed by atoms with Gasteiger partial charge in [0.1, 0.15) is 11.6 Å². The minimum absolute atomic E-state index is 0.0874. The van der Waals surface area contributed by atoms with Crippen molar-refractivity contribution in [3.05, 3.63) is 59.4 Å². The van der Waals surface area contributed by atoms with Gasteiger partial charge in [-0.05, 0) is 49.6 Å². The van der Waals surface area contributed by atoms with Gasteiger partial charge in [0.15, 0.2) is 0 Å². The van der Waals surface area contributed by atoms with Gasteiger partial charge in [-0.25, -0.2) is 12.8 Å². The summed E-state index contributed by atoms with van der Waals surface area (Å²) in [6.45, 7) is 2.54. The summed E-state index contributed by atoms with van der Waals surface area (Å²) in [5, 5.41) is 0. The van der Waals surface area contributed by atoms with Crippen molar-refractivity contribution in [3.63, 3.8) is 0 Å². The van der Waals surface area contributed by atoms with Crippen LogP contribution >= 0.6 is 0 Å². The van der Waals surface area contributed by atoms with E-state index in [4.69, 9.17) is 4.74 Å². The Kier molecular flexibility index (Phi) is 6.77. The maximum atomic E-state index is 13.9. The van der Waals surface area contributed by atoms with Crippen LogP contribution in [0.3, 0.4) is 0 Å². The zero-order valence-electron chi connectivity index (χ0n) is 17.5. The molecule has 0 atom stereocenters.